The maximum atomic E-state index is 13.7. The van der Waals surface area contributed by atoms with Gasteiger partial charge in [0, 0.05) is 5.56 Å². The zero-order valence-electron chi connectivity index (χ0n) is 13.3. The number of methoxy groups -OCH3 is 1. The first-order chi connectivity index (χ1) is 9.97. The van der Waals surface area contributed by atoms with Gasteiger partial charge in [-0.05, 0) is 62.7 Å². The SMILES string of the molecule is CNC(c1cc(F)ccc1OC)c1c(C)cc(C)cc1C. The molecule has 0 aliphatic rings. The van der Waals surface area contributed by atoms with Crippen LogP contribution in [0.2, 0.25) is 0 Å². The minimum Gasteiger partial charge on any atom is -0.496 e. The number of benzene rings is 2. The molecule has 21 heavy (non-hydrogen) atoms. The lowest BCUT2D eigenvalue weighted by Gasteiger charge is -2.24. The van der Waals surface area contributed by atoms with Crippen molar-refractivity contribution in [3.05, 3.63) is 64.0 Å². The third kappa shape index (κ3) is 3.08. The van der Waals surface area contributed by atoms with Crippen LogP contribution in [0.5, 0.6) is 5.75 Å². The third-order valence-corrected chi connectivity index (χ3v) is 3.82. The molecule has 0 saturated heterocycles. The lowest BCUT2D eigenvalue weighted by atomic mass is 9.89. The Balaban J connectivity index is 2.63. The fourth-order valence-electron chi connectivity index (χ4n) is 3.03. The van der Waals surface area contributed by atoms with Gasteiger partial charge in [-0.1, -0.05) is 17.7 Å². The van der Waals surface area contributed by atoms with Crippen LogP contribution in [-0.2, 0) is 0 Å². The number of halogens is 1. The van der Waals surface area contributed by atoms with Gasteiger partial charge in [-0.15, -0.1) is 0 Å². The van der Waals surface area contributed by atoms with Crippen molar-refractivity contribution >= 4 is 0 Å². The molecule has 0 spiro atoms. The number of nitrogens with one attached hydrogen (secondary N) is 1. The third-order valence-electron chi connectivity index (χ3n) is 3.82. The number of ether oxygens (including phenoxy) is 1. The van der Waals surface area contributed by atoms with Crippen LogP contribution in [0.1, 0.15) is 33.9 Å². The van der Waals surface area contributed by atoms with Gasteiger partial charge in [0.15, 0.2) is 0 Å². The highest BCUT2D eigenvalue weighted by atomic mass is 19.1. The number of rotatable bonds is 4. The maximum Gasteiger partial charge on any atom is 0.124 e. The average molecular weight is 287 g/mol. The zero-order chi connectivity index (χ0) is 15.6. The van der Waals surface area contributed by atoms with Gasteiger partial charge in [0.1, 0.15) is 11.6 Å². The van der Waals surface area contributed by atoms with Gasteiger partial charge in [0.25, 0.3) is 0 Å². The predicted molar refractivity (Wildman–Crippen MR) is 84.5 cm³/mol. The molecular formula is C18H22FNO. The van der Waals surface area contributed by atoms with E-state index in [4.69, 9.17) is 4.74 Å². The summed E-state index contributed by atoms with van der Waals surface area (Å²) in [4.78, 5) is 0. The lowest BCUT2D eigenvalue weighted by molar-refractivity contribution is 0.403. The topological polar surface area (TPSA) is 21.3 Å². The van der Waals surface area contributed by atoms with Crippen LogP contribution in [0.25, 0.3) is 0 Å². The smallest absolute Gasteiger partial charge is 0.124 e. The van der Waals surface area contributed by atoms with Crippen molar-refractivity contribution in [2.24, 2.45) is 0 Å². The minimum atomic E-state index is -0.256. The quantitative estimate of drug-likeness (QED) is 0.915. The molecule has 3 heteroatoms. The Morgan fingerprint density at radius 1 is 1.05 bits per heavy atom. The van der Waals surface area contributed by atoms with Gasteiger partial charge in [0.05, 0.1) is 13.2 Å². The Bertz CT molecular complexity index is 629. The molecule has 112 valence electrons. The van der Waals surface area contributed by atoms with Crippen molar-refractivity contribution in [1.29, 1.82) is 0 Å². The Hall–Kier alpha value is -1.87. The largest absolute Gasteiger partial charge is 0.496 e. The lowest BCUT2D eigenvalue weighted by Crippen LogP contribution is -2.21. The molecule has 0 aromatic heterocycles. The van der Waals surface area contributed by atoms with E-state index >= 15 is 0 Å². The molecule has 0 radical (unpaired) electrons. The van der Waals surface area contributed by atoms with Gasteiger partial charge in [0.2, 0.25) is 0 Å². The van der Waals surface area contributed by atoms with Crippen LogP contribution in [0.15, 0.2) is 30.3 Å². The van der Waals surface area contributed by atoms with Crippen LogP contribution in [-0.4, -0.2) is 14.2 Å². The fraction of sp³-hybridized carbons (Fsp3) is 0.333. The van der Waals surface area contributed by atoms with E-state index in [1.54, 1.807) is 19.2 Å². The number of hydrogen-bond acceptors (Lipinski definition) is 2. The summed E-state index contributed by atoms with van der Waals surface area (Å²) in [5, 5.41) is 3.29. The van der Waals surface area contributed by atoms with Crippen molar-refractivity contribution in [3.8, 4) is 5.75 Å². The highest BCUT2D eigenvalue weighted by Crippen LogP contribution is 2.34. The Morgan fingerprint density at radius 3 is 2.19 bits per heavy atom. The highest BCUT2D eigenvalue weighted by Gasteiger charge is 2.21. The maximum absolute atomic E-state index is 13.7. The summed E-state index contributed by atoms with van der Waals surface area (Å²) in [7, 11) is 3.49. The van der Waals surface area contributed by atoms with E-state index in [-0.39, 0.29) is 11.9 Å². The molecular weight excluding hydrogens is 265 g/mol. The molecule has 0 heterocycles. The molecule has 0 fully saturated rings. The summed E-state index contributed by atoms with van der Waals surface area (Å²) in [5.74, 6) is 0.434. The molecule has 2 nitrogen and oxygen atoms in total. The first-order valence-electron chi connectivity index (χ1n) is 7.06. The number of aryl methyl sites for hydroxylation is 3. The Kier molecular flexibility index (Phi) is 4.63. The van der Waals surface area contributed by atoms with Gasteiger partial charge >= 0.3 is 0 Å². The molecule has 0 aliphatic carbocycles. The summed E-state index contributed by atoms with van der Waals surface area (Å²) in [5.41, 5.74) is 5.60. The van der Waals surface area contributed by atoms with Gasteiger partial charge in [-0.3, -0.25) is 0 Å². The summed E-state index contributed by atoms with van der Waals surface area (Å²) in [6.07, 6.45) is 0. The molecule has 2 aromatic rings. The zero-order valence-corrected chi connectivity index (χ0v) is 13.3. The van der Waals surface area contributed by atoms with Crippen LogP contribution in [0.3, 0.4) is 0 Å². The molecule has 1 unspecified atom stereocenters. The van der Waals surface area contributed by atoms with E-state index in [9.17, 15) is 4.39 Å². The first kappa shape index (κ1) is 15.5. The molecule has 1 atom stereocenters. The van der Waals surface area contributed by atoms with Crippen molar-refractivity contribution in [1.82, 2.24) is 5.32 Å². The van der Waals surface area contributed by atoms with Crippen molar-refractivity contribution in [2.75, 3.05) is 14.2 Å². The van der Waals surface area contributed by atoms with Crippen LogP contribution in [0.4, 0.5) is 4.39 Å². The summed E-state index contributed by atoms with van der Waals surface area (Å²) in [6.45, 7) is 6.26. The van der Waals surface area contributed by atoms with Crippen LogP contribution in [0, 0.1) is 26.6 Å². The standard InChI is InChI=1S/C18H22FNO/c1-11-8-12(2)17(13(3)9-11)18(20-4)15-10-14(19)6-7-16(15)21-5/h6-10,18,20H,1-5H3. The van der Waals surface area contributed by atoms with Crippen molar-refractivity contribution in [3.63, 3.8) is 0 Å². The van der Waals surface area contributed by atoms with Gasteiger partial charge < -0.3 is 10.1 Å². The fourth-order valence-corrected chi connectivity index (χ4v) is 3.03. The monoisotopic (exact) mass is 287 g/mol. The van der Waals surface area contributed by atoms with Crippen LogP contribution < -0.4 is 10.1 Å². The molecule has 1 N–H and O–H groups in total. The molecule has 0 amide bonds. The summed E-state index contributed by atoms with van der Waals surface area (Å²) >= 11 is 0. The molecule has 0 bridgehead atoms. The summed E-state index contributed by atoms with van der Waals surface area (Å²) < 4.78 is 19.1. The van der Waals surface area contributed by atoms with Gasteiger partial charge in [-0.2, -0.15) is 0 Å². The van der Waals surface area contributed by atoms with Crippen LogP contribution >= 0.6 is 0 Å². The van der Waals surface area contributed by atoms with E-state index < -0.39 is 0 Å². The normalized spacial score (nSPS) is 12.3. The Morgan fingerprint density at radius 2 is 1.67 bits per heavy atom. The molecule has 2 rings (SSSR count). The van der Waals surface area contributed by atoms with E-state index in [0.29, 0.717) is 5.75 Å². The van der Waals surface area contributed by atoms with E-state index in [1.165, 1.54) is 28.3 Å². The average Bonchev–Trinajstić information content (AvgIpc) is 2.42. The van der Waals surface area contributed by atoms with E-state index in [1.807, 2.05) is 7.05 Å². The molecule has 2 aromatic carbocycles. The van der Waals surface area contributed by atoms with Crippen molar-refractivity contribution < 1.29 is 9.13 Å². The Labute approximate surface area is 126 Å². The second-order valence-electron chi connectivity index (χ2n) is 5.42. The molecule has 0 saturated carbocycles. The van der Waals surface area contributed by atoms with Crippen molar-refractivity contribution in [2.45, 2.75) is 26.8 Å². The minimum absolute atomic E-state index is 0.101. The predicted octanol–water partition coefficient (Wildman–Crippen LogP) is 4.07. The summed E-state index contributed by atoms with van der Waals surface area (Å²) in [6, 6.07) is 8.84. The van der Waals surface area contributed by atoms with Gasteiger partial charge in [-0.25, -0.2) is 4.39 Å². The number of hydrogen-bond donors (Lipinski definition) is 1. The first-order valence-corrected chi connectivity index (χ1v) is 7.06. The second kappa shape index (κ2) is 6.27. The molecule has 0 aliphatic heterocycles. The van der Waals surface area contributed by atoms with E-state index in [2.05, 4.69) is 38.2 Å². The highest BCUT2D eigenvalue weighted by molar-refractivity contribution is 5.48. The second-order valence-corrected chi connectivity index (χ2v) is 5.42. The van der Waals surface area contributed by atoms with E-state index in [0.717, 1.165) is 5.56 Å².